The number of carbonyl (C=O) groups is 3. The fraction of sp³-hybridized carbons (Fsp3) is 0.419. The van der Waals surface area contributed by atoms with Crippen LogP contribution in [0, 0.1) is 11.7 Å². The molecule has 1 fully saturated rings. The van der Waals surface area contributed by atoms with E-state index in [4.69, 9.17) is 24.2 Å². The van der Waals surface area contributed by atoms with Gasteiger partial charge in [0.1, 0.15) is 17.2 Å². The van der Waals surface area contributed by atoms with E-state index in [0.29, 0.717) is 16.8 Å². The molecule has 1 atom stereocenters. The number of carboxylic acids is 2. The van der Waals surface area contributed by atoms with Crippen LogP contribution in [0.5, 0.6) is 0 Å². The molecule has 9 heteroatoms. The molecule has 3 aromatic rings. The zero-order valence-corrected chi connectivity index (χ0v) is 22.4. The number of carbonyl (C=O) groups excluding carboxylic acids is 1. The fourth-order valence-corrected chi connectivity index (χ4v) is 5.62. The van der Waals surface area contributed by atoms with Crippen LogP contribution in [-0.2, 0) is 14.4 Å². The number of pyridine rings is 1. The quantitative estimate of drug-likeness (QED) is 0.275. The molecule has 40 heavy (non-hydrogen) atoms. The van der Waals surface area contributed by atoms with Crippen molar-refractivity contribution in [2.24, 2.45) is 5.92 Å². The third kappa shape index (κ3) is 7.41. The molecule has 0 radical (unpaired) electrons. The zero-order valence-electron chi connectivity index (χ0n) is 22.4. The Morgan fingerprint density at radius 2 is 1.77 bits per heavy atom. The predicted molar refractivity (Wildman–Crippen MR) is 148 cm³/mol. The number of aromatic nitrogens is 1. The Hall–Kier alpha value is -3.85. The number of nitrogens with zero attached hydrogens (tertiary/aromatic N) is 2. The van der Waals surface area contributed by atoms with Gasteiger partial charge in [-0.3, -0.25) is 14.7 Å². The van der Waals surface area contributed by atoms with Crippen molar-refractivity contribution in [1.29, 1.82) is 0 Å². The fourth-order valence-electron chi connectivity index (χ4n) is 5.62. The lowest BCUT2D eigenvalue weighted by Gasteiger charge is -2.29. The first-order valence-electron chi connectivity index (χ1n) is 13.8. The molecule has 0 saturated heterocycles. The molecule has 5 rings (SSSR count). The smallest absolute Gasteiger partial charge is 0.414 e. The van der Waals surface area contributed by atoms with E-state index in [0.717, 1.165) is 69.4 Å². The molecule has 212 valence electrons. The average molecular weight is 551 g/mol. The Morgan fingerprint density at radius 3 is 2.40 bits per heavy atom. The number of fused-ring (bicyclic) bond motifs is 1. The van der Waals surface area contributed by atoms with Gasteiger partial charge >= 0.3 is 11.9 Å². The third-order valence-electron chi connectivity index (χ3n) is 7.77. The van der Waals surface area contributed by atoms with E-state index < -0.39 is 11.9 Å². The molecule has 1 saturated carbocycles. The Balaban J connectivity index is 0.000000557. The molecular formula is C31H35FN2O6. The minimum Gasteiger partial charge on any atom is -0.473 e. The van der Waals surface area contributed by atoms with Gasteiger partial charge in [0.25, 0.3) is 0 Å². The van der Waals surface area contributed by atoms with Gasteiger partial charge in [0, 0.05) is 30.8 Å². The summed E-state index contributed by atoms with van der Waals surface area (Å²) in [5.74, 6) is -3.46. The topological polar surface area (TPSA) is 121 Å². The van der Waals surface area contributed by atoms with E-state index in [1.165, 1.54) is 24.5 Å². The van der Waals surface area contributed by atoms with Crippen molar-refractivity contribution in [3.8, 4) is 0 Å². The van der Waals surface area contributed by atoms with E-state index in [-0.39, 0.29) is 17.7 Å². The lowest BCUT2D eigenvalue weighted by Crippen LogP contribution is -2.32. The first-order valence-corrected chi connectivity index (χ1v) is 13.8. The van der Waals surface area contributed by atoms with Crippen LogP contribution >= 0.6 is 0 Å². The Labute approximate surface area is 232 Å². The highest BCUT2D eigenvalue weighted by atomic mass is 19.1. The third-order valence-corrected chi connectivity index (χ3v) is 7.77. The maximum atomic E-state index is 14.0. The van der Waals surface area contributed by atoms with Crippen molar-refractivity contribution in [2.45, 2.75) is 57.3 Å². The average Bonchev–Trinajstić information content (AvgIpc) is 3.31. The van der Waals surface area contributed by atoms with Crippen molar-refractivity contribution in [1.82, 2.24) is 9.88 Å². The Kier molecular flexibility index (Phi) is 10.2. The minimum absolute atomic E-state index is 0.130. The van der Waals surface area contributed by atoms with E-state index in [9.17, 15) is 9.18 Å². The molecular weight excluding hydrogens is 515 g/mol. The molecule has 0 bridgehead atoms. The number of hydrogen-bond donors (Lipinski definition) is 2. The number of Topliss-reactive ketones (excluding diaryl/α,β-unsaturated/α-hetero) is 1. The van der Waals surface area contributed by atoms with Gasteiger partial charge in [-0.15, -0.1) is 0 Å². The van der Waals surface area contributed by atoms with Crippen LogP contribution in [0.3, 0.4) is 0 Å². The highest BCUT2D eigenvalue weighted by Crippen LogP contribution is 2.33. The van der Waals surface area contributed by atoms with Gasteiger partial charge in [0.15, 0.2) is 0 Å². The summed E-state index contributed by atoms with van der Waals surface area (Å²) in [6.45, 7) is 2.60. The van der Waals surface area contributed by atoms with Crippen LogP contribution in [0.25, 0.3) is 16.5 Å². The summed E-state index contributed by atoms with van der Waals surface area (Å²) in [6, 6.07) is 11.0. The van der Waals surface area contributed by atoms with Gasteiger partial charge in [0.05, 0.1) is 23.3 Å². The van der Waals surface area contributed by atoms with Crippen LogP contribution in [0.15, 0.2) is 59.4 Å². The van der Waals surface area contributed by atoms with Crippen molar-refractivity contribution in [3.05, 3.63) is 72.0 Å². The second-order valence-corrected chi connectivity index (χ2v) is 10.3. The largest absolute Gasteiger partial charge is 0.473 e. The standard InChI is InChI=1S/C29H33FN2O2.C2H2O4/c30-26-11-10-23(29-24(26)15-20-34-29)21-12-17-32(18-13-21)19-14-25(27-9-5-6-16-31-27)28(33)22-7-3-1-2-4-8-22;3-1(4)2(5)6/h5-6,9-12,15-16,20,22,25H,1-4,7-8,13-14,17-19H2;(H,3,4)(H,5,6). The van der Waals surface area contributed by atoms with Crippen LogP contribution < -0.4 is 0 Å². The number of carboxylic acid groups (broad SMARTS) is 2. The van der Waals surface area contributed by atoms with E-state index in [1.807, 2.05) is 24.3 Å². The van der Waals surface area contributed by atoms with Crippen LogP contribution in [0.4, 0.5) is 4.39 Å². The first-order chi connectivity index (χ1) is 19.3. The molecule has 8 nitrogen and oxygen atoms in total. The summed E-state index contributed by atoms with van der Waals surface area (Å²) in [4.78, 5) is 38.8. The highest BCUT2D eigenvalue weighted by molar-refractivity contribution is 6.27. The lowest BCUT2D eigenvalue weighted by atomic mass is 9.83. The first kappa shape index (κ1) is 29.1. The number of furan rings is 1. The van der Waals surface area contributed by atoms with Gasteiger partial charge in [-0.2, -0.15) is 0 Å². The number of benzene rings is 1. The summed E-state index contributed by atoms with van der Waals surface area (Å²) in [5.41, 5.74) is 3.73. The molecule has 2 N–H and O–H groups in total. The van der Waals surface area contributed by atoms with Crippen LogP contribution in [0.1, 0.15) is 68.5 Å². The summed E-state index contributed by atoms with van der Waals surface area (Å²) < 4.78 is 19.6. The lowest BCUT2D eigenvalue weighted by molar-refractivity contribution is -0.159. The molecule has 1 aliphatic heterocycles. The van der Waals surface area contributed by atoms with Gasteiger partial charge in [-0.1, -0.05) is 37.8 Å². The van der Waals surface area contributed by atoms with Crippen molar-refractivity contribution < 1.29 is 33.4 Å². The molecule has 2 aromatic heterocycles. The number of rotatable bonds is 7. The van der Waals surface area contributed by atoms with Crippen molar-refractivity contribution in [3.63, 3.8) is 0 Å². The predicted octanol–water partition coefficient (Wildman–Crippen LogP) is 5.93. The van der Waals surface area contributed by atoms with Crippen LogP contribution in [-0.4, -0.2) is 57.5 Å². The normalized spacial score (nSPS) is 17.3. The number of hydrogen-bond acceptors (Lipinski definition) is 6. The van der Waals surface area contributed by atoms with Gasteiger partial charge in [0.2, 0.25) is 0 Å². The van der Waals surface area contributed by atoms with E-state index in [2.05, 4.69) is 16.0 Å². The molecule has 0 amide bonds. The molecule has 1 aromatic carbocycles. The van der Waals surface area contributed by atoms with E-state index in [1.54, 1.807) is 18.5 Å². The molecule has 0 spiro atoms. The summed E-state index contributed by atoms with van der Waals surface area (Å²) in [5, 5.41) is 15.3. The molecule has 3 heterocycles. The van der Waals surface area contributed by atoms with Crippen molar-refractivity contribution in [2.75, 3.05) is 19.6 Å². The maximum absolute atomic E-state index is 14.0. The Bertz CT molecular complexity index is 1330. The van der Waals surface area contributed by atoms with E-state index >= 15 is 0 Å². The minimum atomic E-state index is -1.82. The molecule has 1 unspecified atom stereocenters. The van der Waals surface area contributed by atoms with Crippen molar-refractivity contribution >= 4 is 34.3 Å². The number of aliphatic carboxylic acids is 2. The summed E-state index contributed by atoms with van der Waals surface area (Å²) >= 11 is 0. The summed E-state index contributed by atoms with van der Waals surface area (Å²) in [7, 11) is 0. The number of ketones is 1. The van der Waals surface area contributed by atoms with Crippen LogP contribution in [0.2, 0.25) is 0 Å². The molecule has 2 aliphatic rings. The highest BCUT2D eigenvalue weighted by Gasteiger charge is 2.30. The maximum Gasteiger partial charge on any atom is 0.414 e. The van der Waals surface area contributed by atoms with Gasteiger partial charge < -0.3 is 14.6 Å². The van der Waals surface area contributed by atoms with Gasteiger partial charge in [-0.25, -0.2) is 14.0 Å². The second-order valence-electron chi connectivity index (χ2n) is 10.3. The van der Waals surface area contributed by atoms with Gasteiger partial charge in [-0.05, 0) is 68.1 Å². The SMILES string of the molecule is O=C(C1CCCCCC1)C(CCN1CC=C(c2ccc(F)c3ccoc23)CC1)c1ccccn1.O=C(O)C(=O)O. The zero-order chi connectivity index (χ0) is 28.5. The number of halogens is 1. The second kappa shape index (κ2) is 14.0. The molecule has 1 aliphatic carbocycles. The monoisotopic (exact) mass is 550 g/mol. The summed E-state index contributed by atoms with van der Waals surface area (Å²) in [6.07, 6.45) is 14.1. The Morgan fingerprint density at radius 1 is 1.02 bits per heavy atom.